The Kier molecular flexibility index (Phi) is 11.6. The Bertz CT molecular complexity index is 1180. The van der Waals surface area contributed by atoms with Crippen molar-refractivity contribution in [3.8, 4) is 0 Å². The summed E-state index contributed by atoms with van der Waals surface area (Å²) in [5, 5.41) is 0. The highest BCUT2D eigenvalue weighted by Gasteiger charge is 2.48. The number of carbonyl (C=O) groups is 3. The second-order valence-corrected chi connectivity index (χ2v) is 12.3. The lowest BCUT2D eigenvalue weighted by atomic mass is 9.94. The average molecular weight is 595 g/mol. The second-order valence-electron chi connectivity index (χ2n) is 12.3. The van der Waals surface area contributed by atoms with Crippen LogP contribution in [0.4, 0.5) is 4.79 Å². The highest BCUT2D eigenvalue weighted by Crippen LogP contribution is 2.35. The molecule has 0 spiro atoms. The first-order valence-corrected chi connectivity index (χ1v) is 15.3. The first-order chi connectivity index (χ1) is 20.7. The van der Waals surface area contributed by atoms with Gasteiger partial charge in [0, 0.05) is 38.4 Å². The van der Waals surface area contributed by atoms with E-state index in [1.165, 1.54) is 7.11 Å². The predicted octanol–water partition coefficient (Wildman–Crippen LogP) is 5.22. The number of methoxy groups -OCH3 is 1. The van der Waals surface area contributed by atoms with E-state index in [4.69, 9.17) is 18.9 Å². The van der Waals surface area contributed by atoms with Gasteiger partial charge >= 0.3 is 12.1 Å². The Morgan fingerprint density at radius 3 is 1.74 bits per heavy atom. The molecule has 2 amide bonds. The van der Waals surface area contributed by atoms with Crippen LogP contribution in [0, 0.1) is 11.8 Å². The molecule has 2 fully saturated rings. The highest BCUT2D eigenvalue weighted by molar-refractivity contribution is 5.84. The molecular weight excluding hydrogens is 548 g/mol. The molecule has 9 nitrogen and oxygen atoms in total. The average Bonchev–Trinajstić information content (AvgIpc) is 3.62. The third-order valence-corrected chi connectivity index (χ3v) is 8.16. The summed E-state index contributed by atoms with van der Waals surface area (Å²) >= 11 is 0. The molecular formula is C34H46N2O7. The van der Waals surface area contributed by atoms with E-state index >= 15 is 0 Å². The van der Waals surface area contributed by atoms with Gasteiger partial charge in [0.05, 0.1) is 32.2 Å². The lowest BCUT2D eigenvalue weighted by Crippen LogP contribution is -2.48. The second kappa shape index (κ2) is 15.3. The van der Waals surface area contributed by atoms with E-state index in [1.807, 2.05) is 86.3 Å². The third kappa shape index (κ3) is 9.03. The summed E-state index contributed by atoms with van der Waals surface area (Å²) in [4.78, 5) is 43.6. The number of rotatable bonds is 12. The van der Waals surface area contributed by atoms with Crippen LogP contribution in [-0.4, -0.2) is 78.9 Å². The molecule has 2 aromatic rings. The van der Waals surface area contributed by atoms with E-state index in [1.54, 1.807) is 4.90 Å². The molecule has 2 aliphatic heterocycles. The fourth-order valence-electron chi connectivity index (χ4n) is 6.11. The Labute approximate surface area is 255 Å². The molecule has 43 heavy (non-hydrogen) atoms. The first kappa shape index (κ1) is 32.5. The lowest BCUT2D eigenvalue weighted by molar-refractivity contribution is -0.147. The fraction of sp³-hybridized carbons (Fsp3) is 0.559. The Balaban J connectivity index is 1.44. The molecule has 0 radical (unpaired) electrons. The topological polar surface area (TPSA) is 94.6 Å². The molecule has 0 N–H and O–H groups in total. The van der Waals surface area contributed by atoms with Crippen molar-refractivity contribution in [1.82, 2.24) is 9.80 Å². The fourth-order valence-corrected chi connectivity index (χ4v) is 6.11. The molecule has 0 unspecified atom stereocenters. The molecule has 0 saturated carbocycles. The van der Waals surface area contributed by atoms with E-state index in [0.29, 0.717) is 65.2 Å². The van der Waals surface area contributed by atoms with Gasteiger partial charge in [-0.15, -0.1) is 0 Å². The number of hydrogen-bond donors (Lipinski definition) is 0. The number of amides is 2. The van der Waals surface area contributed by atoms with Crippen molar-refractivity contribution in [1.29, 1.82) is 0 Å². The molecule has 2 aromatic carbocycles. The highest BCUT2D eigenvalue weighted by atomic mass is 16.6. The minimum Gasteiger partial charge on any atom is -0.469 e. The van der Waals surface area contributed by atoms with E-state index < -0.39 is 23.5 Å². The van der Waals surface area contributed by atoms with Crippen LogP contribution in [0.1, 0.15) is 57.6 Å². The summed E-state index contributed by atoms with van der Waals surface area (Å²) in [6.45, 7) is 8.11. The number of carbonyl (C=O) groups excluding carboxylic acids is 3. The van der Waals surface area contributed by atoms with Crippen LogP contribution in [0.3, 0.4) is 0 Å². The van der Waals surface area contributed by atoms with E-state index in [2.05, 4.69) is 0 Å². The van der Waals surface area contributed by atoms with Gasteiger partial charge in [-0.05, 0) is 57.6 Å². The van der Waals surface area contributed by atoms with Crippen LogP contribution in [0.2, 0.25) is 0 Å². The maximum Gasteiger partial charge on any atom is 0.410 e. The van der Waals surface area contributed by atoms with Crippen LogP contribution in [-0.2, 0) is 41.8 Å². The van der Waals surface area contributed by atoms with Crippen molar-refractivity contribution in [3.05, 3.63) is 71.8 Å². The molecule has 0 bridgehead atoms. The largest absolute Gasteiger partial charge is 0.469 e. The van der Waals surface area contributed by atoms with Gasteiger partial charge < -0.3 is 28.7 Å². The van der Waals surface area contributed by atoms with Crippen molar-refractivity contribution >= 4 is 18.0 Å². The minimum absolute atomic E-state index is 0.0430. The molecule has 0 aromatic heterocycles. The SMILES string of the molecule is COC(=O)[C@H]1CCN(C(=O)[C@H]2CCN(C(=O)OC(C)(C)C)[C@@H]2CCOCc2ccccc2)[C@@H]1CCOCc1ccccc1. The van der Waals surface area contributed by atoms with Crippen molar-refractivity contribution in [3.63, 3.8) is 0 Å². The van der Waals surface area contributed by atoms with Crippen LogP contribution in [0.5, 0.6) is 0 Å². The van der Waals surface area contributed by atoms with E-state index in [0.717, 1.165) is 11.1 Å². The van der Waals surface area contributed by atoms with Gasteiger partial charge in [-0.2, -0.15) is 0 Å². The maximum absolute atomic E-state index is 14.2. The molecule has 9 heteroatoms. The summed E-state index contributed by atoms with van der Waals surface area (Å²) in [6.07, 6.45) is 1.66. The standard InChI is InChI=1S/C34H46N2O7/c1-34(2,3)43-33(39)36-20-15-27(29(36)17-21-41-23-25-11-7-5-8-12-25)31(37)35-19-16-28(32(38)40-4)30(35)18-22-42-24-26-13-9-6-10-14-26/h5-14,27-30H,15-24H2,1-4H3/t27-,28-,29+,30+/m0/s1. The summed E-state index contributed by atoms with van der Waals surface area (Å²) in [5.74, 6) is -1.18. The molecule has 2 heterocycles. The zero-order valence-corrected chi connectivity index (χ0v) is 25.9. The van der Waals surface area contributed by atoms with Gasteiger partial charge in [0.25, 0.3) is 0 Å². The number of benzene rings is 2. The van der Waals surface area contributed by atoms with Gasteiger partial charge in [-0.1, -0.05) is 60.7 Å². The Morgan fingerprint density at radius 2 is 1.23 bits per heavy atom. The quantitative estimate of drug-likeness (QED) is 0.246. The molecule has 234 valence electrons. The van der Waals surface area contributed by atoms with Crippen LogP contribution in [0.15, 0.2) is 60.7 Å². The smallest absolute Gasteiger partial charge is 0.410 e. The van der Waals surface area contributed by atoms with Crippen LogP contribution >= 0.6 is 0 Å². The van der Waals surface area contributed by atoms with Crippen molar-refractivity contribution in [2.45, 2.75) is 77.4 Å². The van der Waals surface area contributed by atoms with Gasteiger partial charge in [0.15, 0.2) is 0 Å². The number of hydrogen-bond acceptors (Lipinski definition) is 7. The van der Waals surface area contributed by atoms with E-state index in [-0.39, 0.29) is 24.0 Å². The van der Waals surface area contributed by atoms with Gasteiger partial charge in [0.2, 0.25) is 5.91 Å². The van der Waals surface area contributed by atoms with Crippen LogP contribution in [0.25, 0.3) is 0 Å². The van der Waals surface area contributed by atoms with Gasteiger partial charge in [-0.3, -0.25) is 9.59 Å². The molecule has 0 aliphatic carbocycles. The number of ether oxygens (including phenoxy) is 4. The predicted molar refractivity (Wildman–Crippen MR) is 162 cm³/mol. The number of likely N-dealkylation sites (tertiary alicyclic amines) is 2. The Hall–Kier alpha value is -3.43. The van der Waals surface area contributed by atoms with Gasteiger partial charge in [-0.25, -0.2) is 4.79 Å². The third-order valence-electron chi connectivity index (χ3n) is 8.16. The molecule has 2 saturated heterocycles. The monoisotopic (exact) mass is 594 g/mol. The molecule has 4 rings (SSSR count). The first-order valence-electron chi connectivity index (χ1n) is 15.3. The molecule has 2 aliphatic rings. The molecule has 4 atom stereocenters. The zero-order chi connectivity index (χ0) is 30.8. The normalized spacial score (nSPS) is 22.0. The van der Waals surface area contributed by atoms with E-state index in [9.17, 15) is 14.4 Å². The van der Waals surface area contributed by atoms with Crippen LogP contribution < -0.4 is 0 Å². The van der Waals surface area contributed by atoms with Crippen molar-refractivity contribution in [2.24, 2.45) is 11.8 Å². The summed E-state index contributed by atoms with van der Waals surface area (Å²) in [7, 11) is 1.39. The minimum atomic E-state index is -0.652. The Morgan fingerprint density at radius 1 is 0.744 bits per heavy atom. The van der Waals surface area contributed by atoms with Gasteiger partial charge in [0.1, 0.15) is 5.60 Å². The summed E-state index contributed by atoms with van der Waals surface area (Å²) in [6, 6.07) is 19.1. The maximum atomic E-state index is 14.2. The van der Waals surface area contributed by atoms with Crippen molar-refractivity contribution < 1.29 is 33.3 Å². The summed E-state index contributed by atoms with van der Waals surface area (Å²) in [5.41, 5.74) is 1.48. The zero-order valence-electron chi connectivity index (χ0n) is 25.9. The lowest BCUT2D eigenvalue weighted by Gasteiger charge is -2.34. The summed E-state index contributed by atoms with van der Waals surface area (Å²) < 4.78 is 22.7. The van der Waals surface area contributed by atoms with Crippen molar-refractivity contribution in [2.75, 3.05) is 33.4 Å². The number of nitrogens with zero attached hydrogens (tertiary/aromatic N) is 2. The number of esters is 1.